The molecule has 0 fully saturated rings. The number of amides is 3. The SMILES string of the molecule is C=C(C)C(N)=O.C=CC(=O)NCNC(=O)C=C. The second-order valence-electron chi connectivity index (χ2n) is 2.81. The van der Waals surface area contributed by atoms with E-state index < -0.39 is 5.91 Å². The van der Waals surface area contributed by atoms with Gasteiger partial charge in [-0.3, -0.25) is 14.4 Å². The zero-order chi connectivity index (χ0) is 13.8. The third kappa shape index (κ3) is 13.6. The monoisotopic (exact) mass is 239 g/mol. The maximum atomic E-state index is 10.5. The van der Waals surface area contributed by atoms with Gasteiger partial charge in [0.1, 0.15) is 0 Å². The molecule has 0 saturated heterocycles. The standard InChI is InChI=1S/C7H10N2O2.C4H7NO/c1-3-6(10)8-5-9-7(11)4-2;1-3(2)4(5)6/h3-4H,1-2,5H2,(H,8,10)(H,9,11);1H2,2H3,(H2,5,6). The lowest BCUT2D eigenvalue weighted by Crippen LogP contribution is -2.35. The number of nitrogens with two attached hydrogens (primary N) is 1. The Bertz CT molecular complexity index is 303. The first-order valence-corrected chi connectivity index (χ1v) is 4.61. The Morgan fingerprint density at radius 3 is 1.59 bits per heavy atom. The molecule has 0 bridgehead atoms. The van der Waals surface area contributed by atoms with Crippen molar-refractivity contribution in [2.45, 2.75) is 6.92 Å². The highest BCUT2D eigenvalue weighted by Gasteiger charge is 1.93. The van der Waals surface area contributed by atoms with Gasteiger partial charge in [-0.2, -0.15) is 0 Å². The van der Waals surface area contributed by atoms with Crippen molar-refractivity contribution >= 4 is 17.7 Å². The lowest BCUT2D eigenvalue weighted by atomic mass is 10.3. The van der Waals surface area contributed by atoms with Crippen molar-refractivity contribution in [1.82, 2.24) is 10.6 Å². The van der Waals surface area contributed by atoms with E-state index in [0.29, 0.717) is 5.57 Å². The van der Waals surface area contributed by atoms with Crippen LogP contribution in [0.5, 0.6) is 0 Å². The molecular formula is C11H17N3O3. The summed E-state index contributed by atoms with van der Waals surface area (Å²) in [7, 11) is 0. The Morgan fingerprint density at radius 2 is 1.41 bits per heavy atom. The first-order chi connectivity index (χ1) is 7.84. The normalized spacial score (nSPS) is 7.82. The lowest BCUT2D eigenvalue weighted by molar-refractivity contribution is -0.118. The summed E-state index contributed by atoms with van der Waals surface area (Å²) in [6.45, 7) is 11.4. The highest BCUT2D eigenvalue weighted by Crippen LogP contribution is 1.78. The molecule has 0 atom stereocenters. The molecule has 0 aliphatic heterocycles. The summed E-state index contributed by atoms with van der Waals surface area (Å²) in [4.78, 5) is 30.8. The van der Waals surface area contributed by atoms with Crippen LogP contribution < -0.4 is 16.4 Å². The lowest BCUT2D eigenvalue weighted by Gasteiger charge is -2.01. The molecule has 4 N–H and O–H groups in total. The molecule has 0 saturated carbocycles. The van der Waals surface area contributed by atoms with Crippen molar-refractivity contribution in [2.75, 3.05) is 6.67 Å². The number of hydrogen-bond acceptors (Lipinski definition) is 3. The molecule has 94 valence electrons. The number of primary amides is 1. The zero-order valence-electron chi connectivity index (χ0n) is 9.79. The summed E-state index contributed by atoms with van der Waals surface area (Å²) in [5, 5.41) is 4.72. The van der Waals surface area contributed by atoms with Gasteiger partial charge in [0.25, 0.3) is 0 Å². The van der Waals surface area contributed by atoms with Gasteiger partial charge >= 0.3 is 0 Å². The van der Waals surface area contributed by atoms with E-state index in [9.17, 15) is 14.4 Å². The third-order valence-electron chi connectivity index (χ3n) is 1.32. The van der Waals surface area contributed by atoms with E-state index in [4.69, 9.17) is 5.73 Å². The van der Waals surface area contributed by atoms with Gasteiger partial charge in [-0.05, 0) is 19.1 Å². The zero-order valence-corrected chi connectivity index (χ0v) is 9.79. The first-order valence-electron chi connectivity index (χ1n) is 4.61. The molecule has 0 spiro atoms. The van der Waals surface area contributed by atoms with Crippen molar-refractivity contribution in [3.8, 4) is 0 Å². The molecular weight excluding hydrogens is 222 g/mol. The van der Waals surface area contributed by atoms with Crippen LogP contribution in [-0.2, 0) is 14.4 Å². The predicted octanol–water partition coefficient (Wildman–Crippen LogP) is -0.404. The van der Waals surface area contributed by atoms with E-state index in [1.807, 2.05) is 0 Å². The highest BCUT2D eigenvalue weighted by atomic mass is 16.2. The van der Waals surface area contributed by atoms with Gasteiger partial charge in [0.15, 0.2) is 0 Å². The molecule has 0 rings (SSSR count). The summed E-state index contributed by atoms with van der Waals surface area (Å²) in [5.74, 6) is -1.08. The number of nitrogens with one attached hydrogen (secondary N) is 2. The van der Waals surface area contributed by atoms with Gasteiger partial charge < -0.3 is 16.4 Å². The molecule has 0 aromatic rings. The molecule has 0 aromatic heterocycles. The van der Waals surface area contributed by atoms with Crippen LogP contribution in [0, 0.1) is 0 Å². The van der Waals surface area contributed by atoms with Crippen LogP contribution in [0.2, 0.25) is 0 Å². The van der Waals surface area contributed by atoms with Gasteiger partial charge in [0.2, 0.25) is 17.7 Å². The fourth-order valence-electron chi connectivity index (χ4n) is 0.363. The van der Waals surface area contributed by atoms with Gasteiger partial charge in [0, 0.05) is 5.57 Å². The largest absolute Gasteiger partial charge is 0.366 e. The molecule has 0 unspecified atom stereocenters. The van der Waals surface area contributed by atoms with Gasteiger partial charge in [-0.15, -0.1) is 0 Å². The second-order valence-corrected chi connectivity index (χ2v) is 2.81. The van der Waals surface area contributed by atoms with E-state index in [1.165, 1.54) is 0 Å². The van der Waals surface area contributed by atoms with E-state index in [0.717, 1.165) is 12.2 Å². The first kappa shape index (κ1) is 17.0. The van der Waals surface area contributed by atoms with E-state index >= 15 is 0 Å². The maximum Gasteiger partial charge on any atom is 0.244 e. The van der Waals surface area contributed by atoms with Crippen LogP contribution >= 0.6 is 0 Å². The average Bonchev–Trinajstić information content (AvgIpc) is 2.29. The van der Waals surface area contributed by atoms with Crippen LogP contribution in [0.4, 0.5) is 0 Å². The third-order valence-corrected chi connectivity index (χ3v) is 1.32. The molecule has 0 radical (unpaired) electrons. The van der Waals surface area contributed by atoms with E-state index in [2.05, 4.69) is 30.4 Å². The van der Waals surface area contributed by atoms with E-state index in [-0.39, 0.29) is 18.5 Å². The van der Waals surface area contributed by atoms with Gasteiger partial charge in [-0.25, -0.2) is 0 Å². The van der Waals surface area contributed by atoms with Gasteiger partial charge in [-0.1, -0.05) is 19.7 Å². The van der Waals surface area contributed by atoms with E-state index in [1.54, 1.807) is 6.92 Å². The van der Waals surface area contributed by atoms with Crippen LogP contribution in [0.3, 0.4) is 0 Å². The Balaban J connectivity index is 0. The Labute approximate surface area is 100 Å². The number of hydrogen-bond donors (Lipinski definition) is 3. The second kappa shape index (κ2) is 10.2. The summed E-state index contributed by atoms with van der Waals surface area (Å²) in [6.07, 6.45) is 2.25. The number of rotatable bonds is 5. The molecule has 0 aliphatic carbocycles. The predicted molar refractivity (Wildman–Crippen MR) is 65.6 cm³/mol. The Hall–Kier alpha value is -2.37. The van der Waals surface area contributed by atoms with Crippen LogP contribution in [0.1, 0.15) is 6.92 Å². The topological polar surface area (TPSA) is 101 Å². The summed E-state index contributed by atoms with van der Waals surface area (Å²) in [6, 6.07) is 0. The minimum absolute atomic E-state index is 0.0930. The molecule has 6 nitrogen and oxygen atoms in total. The minimum Gasteiger partial charge on any atom is -0.366 e. The fourth-order valence-corrected chi connectivity index (χ4v) is 0.363. The van der Waals surface area contributed by atoms with Crippen molar-refractivity contribution in [2.24, 2.45) is 5.73 Å². The van der Waals surface area contributed by atoms with Crippen molar-refractivity contribution in [1.29, 1.82) is 0 Å². The number of carbonyl (C=O) groups excluding carboxylic acids is 3. The molecule has 0 heterocycles. The van der Waals surface area contributed by atoms with Crippen molar-refractivity contribution < 1.29 is 14.4 Å². The highest BCUT2D eigenvalue weighted by molar-refractivity contribution is 5.90. The smallest absolute Gasteiger partial charge is 0.244 e. The molecule has 6 heteroatoms. The molecule has 0 aliphatic rings. The summed E-state index contributed by atoms with van der Waals surface area (Å²) >= 11 is 0. The summed E-state index contributed by atoms with van der Waals surface area (Å²) in [5.41, 5.74) is 5.09. The minimum atomic E-state index is -0.435. The van der Waals surface area contributed by atoms with Crippen LogP contribution in [0.25, 0.3) is 0 Å². The number of carbonyl (C=O) groups is 3. The van der Waals surface area contributed by atoms with Crippen molar-refractivity contribution in [3.05, 3.63) is 37.5 Å². The Kier molecular flexibility index (Phi) is 10.2. The van der Waals surface area contributed by atoms with Crippen molar-refractivity contribution in [3.63, 3.8) is 0 Å². The summed E-state index contributed by atoms with van der Waals surface area (Å²) < 4.78 is 0. The van der Waals surface area contributed by atoms with Crippen LogP contribution in [-0.4, -0.2) is 24.4 Å². The molecule has 17 heavy (non-hydrogen) atoms. The molecule has 0 aromatic carbocycles. The maximum absolute atomic E-state index is 10.5. The average molecular weight is 239 g/mol. The van der Waals surface area contributed by atoms with Crippen LogP contribution in [0.15, 0.2) is 37.5 Å². The molecule has 3 amide bonds. The fraction of sp³-hybridized carbons (Fsp3) is 0.182. The quantitative estimate of drug-likeness (QED) is 0.449. The van der Waals surface area contributed by atoms with Gasteiger partial charge in [0.05, 0.1) is 6.67 Å². The Morgan fingerprint density at radius 1 is 1.12 bits per heavy atom.